The molecule has 6 nitrogen and oxygen atoms in total. The van der Waals surface area contributed by atoms with Gasteiger partial charge in [-0.25, -0.2) is 4.98 Å². The maximum atomic E-state index is 11.0. The zero-order valence-corrected chi connectivity index (χ0v) is 16.6. The Balaban J connectivity index is 1.55. The molecule has 0 aliphatic heterocycles. The van der Waals surface area contributed by atoms with Crippen LogP contribution in [0, 0.1) is 10.1 Å². The number of nitro benzene ring substituents is 1. The molecule has 3 aromatic carbocycles. The van der Waals surface area contributed by atoms with E-state index in [0.29, 0.717) is 28.2 Å². The minimum absolute atomic E-state index is 0.0567. The van der Waals surface area contributed by atoms with Crippen LogP contribution in [0.4, 0.5) is 11.4 Å². The molecule has 7 heteroatoms. The molecule has 4 aromatic rings. The van der Waals surface area contributed by atoms with Crippen LogP contribution >= 0.6 is 15.9 Å². The molecule has 0 aliphatic rings. The van der Waals surface area contributed by atoms with Gasteiger partial charge in [0.2, 0.25) is 5.89 Å². The van der Waals surface area contributed by atoms with Crippen molar-refractivity contribution in [2.45, 2.75) is 0 Å². The number of hydrogen-bond donors (Lipinski definition) is 0. The number of aromatic nitrogens is 1. The number of hydrogen-bond acceptors (Lipinski definition) is 5. The van der Waals surface area contributed by atoms with Crippen LogP contribution in [0.5, 0.6) is 0 Å². The largest absolute Gasteiger partial charge is 0.436 e. The Morgan fingerprint density at radius 2 is 1.93 bits per heavy atom. The van der Waals surface area contributed by atoms with E-state index < -0.39 is 4.92 Å². The summed E-state index contributed by atoms with van der Waals surface area (Å²) in [5.41, 5.74) is 3.55. The SMILES string of the molecule is O=[N+]([O-])c1ccccc1C=CC=Nc1ccc2oc(-c3cccc(Br)c3)nc2c1. The van der Waals surface area contributed by atoms with Gasteiger partial charge in [0.1, 0.15) is 5.52 Å². The smallest absolute Gasteiger partial charge is 0.276 e. The van der Waals surface area contributed by atoms with Crippen LogP contribution in [-0.2, 0) is 0 Å². The number of nitro groups is 1. The Labute approximate surface area is 174 Å². The van der Waals surface area contributed by atoms with Crippen molar-refractivity contribution >= 4 is 50.7 Å². The molecule has 0 radical (unpaired) electrons. The molecule has 0 saturated heterocycles. The minimum atomic E-state index is -0.405. The third kappa shape index (κ3) is 4.30. The monoisotopic (exact) mass is 447 g/mol. The van der Waals surface area contributed by atoms with Gasteiger partial charge in [0.05, 0.1) is 16.2 Å². The van der Waals surface area contributed by atoms with Gasteiger partial charge in [0, 0.05) is 22.3 Å². The molecule has 1 aromatic heterocycles. The molecule has 0 unspecified atom stereocenters. The van der Waals surface area contributed by atoms with Crippen molar-refractivity contribution in [1.82, 2.24) is 4.98 Å². The molecular weight excluding hydrogens is 434 g/mol. The summed E-state index contributed by atoms with van der Waals surface area (Å²) in [6, 6.07) is 19.8. The van der Waals surface area contributed by atoms with Crippen LogP contribution in [0.1, 0.15) is 5.56 Å². The van der Waals surface area contributed by atoms with E-state index in [1.165, 1.54) is 6.07 Å². The summed E-state index contributed by atoms with van der Waals surface area (Å²) >= 11 is 3.45. The molecular formula is C22H14BrN3O3. The average molecular weight is 448 g/mol. The second kappa shape index (κ2) is 8.20. The number of aliphatic imine (C=N–C) groups is 1. The second-order valence-corrected chi connectivity index (χ2v) is 7.05. The van der Waals surface area contributed by atoms with Crippen molar-refractivity contribution in [2.24, 2.45) is 4.99 Å². The first-order chi connectivity index (χ1) is 14.1. The fourth-order valence-corrected chi connectivity index (χ4v) is 3.21. The lowest BCUT2D eigenvalue weighted by Gasteiger charge is -1.95. The lowest BCUT2D eigenvalue weighted by atomic mass is 10.1. The Bertz CT molecular complexity index is 1260. The number of benzene rings is 3. The number of para-hydroxylation sites is 1. The molecule has 4 rings (SSSR count). The van der Waals surface area contributed by atoms with Crippen molar-refractivity contribution < 1.29 is 9.34 Å². The normalized spacial score (nSPS) is 11.6. The summed E-state index contributed by atoms with van der Waals surface area (Å²) < 4.78 is 6.77. The van der Waals surface area contributed by atoms with Gasteiger partial charge in [-0.3, -0.25) is 15.1 Å². The van der Waals surface area contributed by atoms with E-state index in [-0.39, 0.29) is 5.69 Å². The first-order valence-electron chi connectivity index (χ1n) is 8.71. The van der Waals surface area contributed by atoms with Gasteiger partial charge in [0.15, 0.2) is 5.58 Å². The van der Waals surface area contributed by atoms with Crippen LogP contribution in [0.15, 0.2) is 86.7 Å². The number of nitrogens with zero attached hydrogens (tertiary/aromatic N) is 3. The van der Waals surface area contributed by atoms with E-state index in [4.69, 9.17) is 4.42 Å². The van der Waals surface area contributed by atoms with E-state index in [0.717, 1.165) is 10.0 Å². The first-order valence-corrected chi connectivity index (χ1v) is 9.50. The standard InChI is InChI=1S/C22H14BrN3O3/c23-17-8-3-6-16(13-17)22-25-19-14-18(10-11-21(19)29-22)24-12-4-7-15-5-1-2-9-20(15)26(27)28/h1-14H. The van der Waals surface area contributed by atoms with Crippen LogP contribution in [0.25, 0.3) is 28.6 Å². The van der Waals surface area contributed by atoms with Crippen LogP contribution < -0.4 is 0 Å². The topological polar surface area (TPSA) is 81.5 Å². The Kier molecular flexibility index (Phi) is 5.31. The lowest BCUT2D eigenvalue weighted by molar-refractivity contribution is -0.385. The van der Waals surface area contributed by atoms with E-state index in [9.17, 15) is 10.1 Å². The highest BCUT2D eigenvalue weighted by atomic mass is 79.9. The summed E-state index contributed by atoms with van der Waals surface area (Å²) in [4.78, 5) is 19.5. The highest BCUT2D eigenvalue weighted by molar-refractivity contribution is 9.10. The zero-order valence-electron chi connectivity index (χ0n) is 15.0. The second-order valence-electron chi connectivity index (χ2n) is 6.13. The number of rotatable bonds is 5. The molecule has 0 aliphatic carbocycles. The molecule has 0 bridgehead atoms. The van der Waals surface area contributed by atoms with Gasteiger partial charge in [-0.05, 0) is 54.6 Å². The van der Waals surface area contributed by atoms with E-state index >= 15 is 0 Å². The summed E-state index contributed by atoms with van der Waals surface area (Å²) in [5, 5.41) is 11.0. The fraction of sp³-hybridized carbons (Fsp3) is 0. The lowest BCUT2D eigenvalue weighted by Crippen LogP contribution is -1.90. The molecule has 0 amide bonds. The highest BCUT2D eigenvalue weighted by Gasteiger charge is 2.10. The van der Waals surface area contributed by atoms with Gasteiger partial charge in [0.25, 0.3) is 5.69 Å². The van der Waals surface area contributed by atoms with Crippen molar-refractivity contribution in [2.75, 3.05) is 0 Å². The molecule has 142 valence electrons. The maximum Gasteiger partial charge on any atom is 0.276 e. The minimum Gasteiger partial charge on any atom is -0.436 e. The predicted molar refractivity (Wildman–Crippen MR) is 117 cm³/mol. The number of halogens is 1. The Hall–Kier alpha value is -3.58. The number of oxazole rings is 1. The maximum absolute atomic E-state index is 11.0. The van der Waals surface area contributed by atoms with Gasteiger partial charge in [-0.15, -0.1) is 0 Å². The van der Waals surface area contributed by atoms with Crippen LogP contribution in [0.2, 0.25) is 0 Å². The summed E-state index contributed by atoms with van der Waals surface area (Å²) in [5.74, 6) is 0.540. The zero-order chi connectivity index (χ0) is 20.2. The number of fused-ring (bicyclic) bond motifs is 1. The fourth-order valence-electron chi connectivity index (χ4n) is 2.81. The summed E-state index contributed by atoms with van der Waals surface area (Å²) in [7, 11) is 0. The van der Waals surface area contributed by atoms with Crippen LogP contribution in [-0.4, -0.2) is 16.1 Å². The van der Waals surface area contributed by atoms with Gasteiger partial charge >= 0.3 is 0 Å². The number of allylic oxidation sites excluding steroid dienone is 1. The molecule has 29 heavy (non-hydrogen) atoms. The molecule has 0 fully saturated rings. The Morgan fingerprint density at radius 3 is 2.76 bits per heavy atom. The van der Waals surface area contributed by atoms with Gasteiger partial charge < -0.3 is 4.42 Å². The first kappa shape index (κ1) is 18.8. The molecule has 1 heterocycles. The van der Waals surface area contributed by atoms with Gasteiger partial charge in [-0.1, -0.05) is 34.1 Å². The van der Waals surface area contributed by atoms with Gasteiger partial charge in [-0.2, -0.15) is 0 Å². The molecule has 0 saturated carbocycles. The van der Waals surface area contributed by atoms with E-state index in [2.05, 4.69) is 25.9 Å². The molecule has 0 spiro atoms. The van der Waals surface area contributed by atoms with Crippen molar-refractivity contribution in [1.29, 1.82) is 0 Å². The molecule has 0 N–H and O–H groups in total. The van der Waals surface area contributed by atoms with E-state index in [1.54, 1.807) is 36.6 Å². The summed E-state index contributed by atoms with van der Waals surface area (Å²) in [6.07, 6.45) is 4.91. The van der Waals surface area contributed by atoms with Crippen molar-refractivity contribution in [3.05, 3.63) is 93.0 Å². The molecule has 0 atom stereocenters. The van der Waals surface area contributed by atoms with E-state index in [1.807, 2.05) is 42.5 Å². The van der Waals surface area contributed by atoms with Crippen molar-refractivity contribution in [3.8, 4) is 11.5 Å². The van der Waals surface area contributed by atoms with Crippen LogP contribution in [0.3, 0.4) is 0 Å². The highest BCUT2D eigenvalue weighted by Crippen LogP contribution is 2.28. The summed E-state index contributed by atoms with van der Waals surface area (Å²) in [6.45, 7) is 0. The Morgan fingerprint density at radius 1 is 1.07 bits per heavy atom. The predicted octanol–water partition coefficient (Wildman–Crippen LogP) is 6.58. The average Bonchev–Trinajstić information content (AvgIpc) is 3.15. The third-order valence-electron chi connectivity index (χ3n) is 4.16. The third-order valence-corrected chi connectivity index (χ3v) is 4.65. The quantitative estimate of drug-likeness (QED) is 0.196. The van der Waals surface area contributed by atoms with Crippen molar-refractivity contribution in [3.63, 3.8) is 0 Å².